The van der Waals surface area contributed by atoms with E-state index >= 15 is 0 Å². The maximum Gasteiger partial charge on any atom is 0.208 e. The Labute approximate surface area is 175 Å². The second-order valence-corrected chi connectivity index (χ2v) is 8.01. The van der Waals surface area contributed by atoms with Gasteiger partial charge in [-0.3, -0.25) is 9.89 Å². The molecule has 0 atom stereocenters. The van der Waals surface area contributed by atoms with Gasteiger partial charge >= 0.3 is 0 Å². The van der Waals surface area contributed by atoms with E-state index in [1.54, 1.807) is 0 Å². The van der Waals surface area contributed by atoms with Crippen molar-refractivity contribution >= 4 is 5.96 Å². The van der Waals surface area contributed by atoms with Crippen LogP contribution in [0, 0.1) is 19.8 Å². The number of piperidine rings is 1. The predicted molar refractivity (Wildman–Crippen MR) is 118 cm³/mol. The first-order valence-corrected chi connectivity index (χ1v) is 10.7. The molecule has 0 radical (unpaired) electrons. The molecule has 2 aromatic rings. The lowest BCUT2D eigenvalue weighted by Crippen LogP contribution is -2.39. The number of rotatable bonds is 7. The van der Waals surface area contributed by atoms with Crippen LogP contribution in [0.5, 0.6) is 0 Å². The van der Waals surface area contributed by atoms with Crippen molar-refractivity contribution in [1.82, 2.24) is 20.1 Å². The van der Waals surface area contributed by atoms with E-state index in [1.807, 2.05) is 13.8 Å². The number of aromatic nitrogens is 1. The van der Waals surface area contributed by atoms with Crippen molar-refractivity contribution in [2.45, 2.75) is 46.7 Å². The Balaban J connectivity index is 1.48. The van der Waals surface area contributed by atoms with Gasteiger partial charge in [0.1, 0.15) is 5.76 Å². The number of hydrogen-bond donors (Lipinski definition) is 1. The number of hydrogen-bond acceptors (Lipinski definition) is 4. The molecule has 0 bridgehead atoms. The van der Waals surface area contributed by atoms with Crippen molar-refractivity contribution in [2.24, 2.45) is 10.9 Å². The summed E-state index contributed by atoms with van der Waals surface area (Å²) in [7, 11) is 2.11. The van der Waals surface area contributed by atoms with E-state index in [0.717, 1.165) is 62.6 Å². The molecule has 158 valence electrons. The third-order valence-corrected chi connectivity index (χ3v) is 5.60. The van der Waals surface area contributed by atoms with E-state index in [0.29, 0.717) is 5.92 Å². The maximum atomic E-state index is 5.74. The van der Waals surface area contributed by atoms with Crippen molar-refractivity contribution in [3.05, 3.63) is 53.2 Å². The molecule has 1 aromatic carbocycles. The zero-order chi connectivity index (χ0) is 20.6. The van der Waals surface area contributed by atoms with Gasteiger partial charge in [-0.25, -0.2) is 4.98 Å². The van der Waals surface area contributed by atoms with Gasteiger partial charge in [-0.15, -0.1) is 0 Å². The molecule has 0 aliphatic carbocycles. The topological polar surface area (TPSA) is 56.9 Å². The number of aliphatic imine (C=N–C) groups is 1. The highest BCUT2D eigenvalue weighted by Crippen LogP contribution is 2.20. The molecule has 0 amide bonds. The fraction of sp³-hybridized carbons (Fsp3) is 0.565. The van der Waals surface area contributed by atoms with Crippen LogP contribution in [-0.4, -0.2) is 54.0 Å². The van der Waals surface area contributed by atoms with Gasteiger partial charge in [-0.05, 0) is 58.2 Å². The average Bonchev–Trinajstić information content (AvgIpc) is 3.04. The lowest BCUT2D eigenvalue weighted by Gasteiger charge is -2.30. The Morgan fingerprint density at radius 3 is 2.59 bits per heavy atom. The molecular weight excluding hydrogens is 362 g/mol. The van der Waals surface area contributed by atoms with Gasteiger partial charge < -0.3 is 14.6 Å². The van der Waals surface area contributed by atoms with Crippen molar-refractivity contribution in [1.29, 1.82) is 0 Å². The second-order valence-electron chi connectivity index (χ2n) is 8.01. The van der Waals surface area contributed by atoms with Gasteiger partial charge in [0, 0.05) is 26.7 Å². The summed E-state index contributed by atoms with van der Waals surface area (Å²) >= 11 is 0. The van der Waals surface area contributed by atoms with Crippen molar-refractivity contribution in [3.8, 4) is 0 Å². The van der Waals surface area contributed by atoms with E-state index in [4.69, 9.17) is 9.41 Å². The van der Waals surface area contributed by atoms with Crippen LogP contribution in [0.3, 0.4) is 0 Å². The number of oxazole rings is 1. The van der Waals surface area contributed by atoms with Crippen molar-refractivity contribution < 1.29 is 4.42 Å². The van der Waals surface area contributed by atoms with Gasteiger partial charge in [0.2, 0.25) is 5.89 Å². The summed E-state index contributed by atoms with van der Waals surface area (Å²) < 4.78 is 5.74. The Bertz CT molecular complexity index is 758. The zero-order valence-corrected chi connectivity index (χ0v) is 18.3. The van der Waals surface area contributed by atoms with E-state index in [2.05, 4.69) is 64.4 Å². The molecule has 1 aliphatic heterocycles. The molecular formula is C23H35N5O. The number of nitrogens with zero attached hydrogens (tertiary/aromatic N) is 4. The van der Waals surface area contributed by atoms with E-state index in [1.165, 1.54) is 18.4 Å². The molecule has 1 aliphatic rings. The summed E-state index contributed by atoms with van der Waals surface area (Å²) in [6, 6.07) is 10.5. The Morgan fingerprint density at radius 2 is 1.97 bits per heavy atom. The van der Waals surface area contributed by atoms with Crippen molar-refractivity contribution in [3.63, 3.8) is 0 Å². The smallest absolute Gasteiger partial charge is 0.208 e. The summed E-state index contributed by atoms with van der Waals surface area (Å²) in [6.45, 7) is 11.7. The molecule has 0 saturated carbocycles. The number of likely N-dealkylation sites (tertiary alicyclic amines) is 1. The third-order valence-electron chi connectivity index (χ3n) is 5.60. The van der Waals surface area contributed by atoms with Crippen LogP contribution in [0.25, 0.3) is 0 Å². The molecule has 1 N–H and O–H groups in total. The first-order valence-electron chi connectivity index (χ1n) is 10.7. The molecule has 3 rings (SSSR count). The second kappa shape index (κ2) is 10.4. The first kappa shape index (κ1) is 21.4. The van der Waals surface area contributed by atoms with Crippen LogP contribution < -0.4 is 5.32 Å². The number of benzene rings is 1. The van der Waals surface area contributed by atoms with E-state index in [9.17, 15) is 0 Å². The highest BCUT2D eigenvalue weighted by atomic mass is 16.4. The molecule has 6 heteroatoms. The van der Waals surface area contributed by atoms with Gasteiger partial charge in [-0.2, -0.15) is 0 Å². The Kier molecular flexibility index (Phi) is 7.69. The third kappa shape index (κ3) is 6.32. The van der Waals surface area contributed by atoms with Crippen LogP contribution in [0.1, 0.15) is 42.7 Å². The summed E-state index contributed by atoms with van der Waals surface area (Å²) in [4.78, 5) is 14.1. The average molecular weight is 398 g/mol. The normalized spacial score (nSPS) is 16.2. The van der Waals surface area contributed by atoms with Gasteiger partial charge in [0.15, 0.2) is 5.96 Å². The van der Waals surface area contributed by atoms with Crippen LogP contribution in [0.15, 0.2) is 39.7 Å². The summed E-state index contributed by atoms with van der Waals surface area (Å²) in [5.74, 6) is 3.40. The van der Waals surface area contributed by atoms with Crippen LogP contribution in [0.4, 0.5) is 0 Å². The zero-order valence-electron chi connectivity index (χ0n) is 18.3. The minimum atomic E-state index is 0.637. The SMILES string of the molecule is CCNC(=NCC1CCN(Cc2nc(C)c(C)o2)CC1)N(C)Cc1ccccc1. The largest absolute Gasteiger partial charge is 0.444 e. The molecule has 0 spiro atoms. The van der Waals surface area contributed by atoms with Crippen LogP contribution in [0.2, 0.25) is 0 Å². The van der Waals surface area contributed by atoms with E-state index in [-0.39, 0.29) is 0 Å². The summed E-state index contributed by atoms with van der Waals surface area (Å²) in [5, 5.41) is 3.44. The van der Waals surface area contributed by atoms with Gasteiger partial charge in [0.25, 0.3) is 0 Å². The van der Waals surface area contributed by atoms with Gasteiger partial charge in [-0.1, -0.05) is 30.3 Å². The first-order chi connectivity index (χ1) is 14.0. The molecule has 1 saturated heterocycles. The lowest BCUT2D eigenvalue weighted by atomic mass is 9.97. The monoisotopic (exact) mass is 397 g/mol. The van der Waals surface area contributed by atoms with E-state index < -0.39 is 0 Å². The molecule has 0 unspecified atom stereocenters. The molecule has 6 nitrogen and oxygen atoms in total. The minimum Gasteiger partial charge on any atom is -0.444 e. The minimum absolute atomic E-state index is 0.637. The number of guanidine groups is 1. The maximum absolute atomic E-state index is 5.74. The van der Waals surface area contributed by atoms with Crippen molar-refractivity contribution in [2.75, 3.05) is 33.2 Å². The fourth-order valence-electron chi connectivity index (χ4n) is 3.74. The summed E-state index contributed by atoms with van der Waals surface area (Å²) in [5.41, 5.74) is 2.30. The Morgan fingerprint density at radius 1 is 1.24 bits per heavy atom. The molecule has 29 heavy (non-hydrogen) atoms. The predicted octanol–water partition coefficient (Wildman–Crippen LogP) is 3.60. The highest BCUT2D eigenvalue weighted by Gasteiger charge is 2.21. The van der Waals surface area contributed by atoms with Crippen LogP contribution in [-0.2, 0) is 13.1 Å². The molecule has 1 fully saturated rings. The summed E-state index contributed by atoms with van der Waals surface area (Å²) in [6.07, 6.45) is 2.34. The molecule has 1 aromatic heterocycles. The quantitative estimate of drug-likeness (QED) is 0.571. The fourth-order valence-corrected chi connectivity index (χ4v) is 3.74. The van der Waals surface area contributed by atoms with Gasteiger partial charge in [0.05, 0.1) is 12.2 Å². The highest BCUT2D eigenvalue weighted by molar-refractivity contribution is 5.79. The number of aryl methyl sites for hydroxylation is 2. The Hall–Kier alpha value is -2.34. The standard InChI is InChI=1S/C23H35N5O/c1-5-24-23(27(4)16-21-9-7-6-8-10-21)25-15-20-11-13-28(14-12-20)17-22-26-18(2)19(3)29-22/h6-10,20H,5,11-17H2,1-4H3,(H,24,25). The van der Waals surface area contributed by atoms with Crippen LogP contribution >= 0.6 is 0 Å². The lowest BCUT2D eigenvalue weighted by molar-refractivity contribution is 0.166. The molecule has 2 heterocycles. The number of nitrogens with one attached hydrogen (secondary N) is 1.